The highest BCUT2D eigenvalue weighted by molar-refractivity contribution is 6.35. The first-order chi connectivity index (χ1) is 16.3. The van der Waals surface area contributed by atoms with Gasteiger partial charge in [-0.2, -0.15) is 0 Å². The topological polar surface area (TPSA) is 58.6 Å². The van der Waals surface area contributed by atoms with Crippen molar-refractivity contribution in [2.75, 3.05) is 13.7 Å². The monoisotopic (exact) mass is 498 g/mol. The van der Waals surface area contributed by atoms with Crippen LogP contribution in [0.5, 0.6) is 5.75 Å². The van der Waals surface area contributed by atoms with Gasteiger partial charge in [-0.05, 0) is 60.4 Å². The zero-order valence-corrected chi connectivity index (χ0v) is 21.0. The summed E-state index contributed by atoms with van der Waals surface area (Å²) in [6, 6.07) is 19.6. The van der Waals surface area contributed by atoms with Crippen molar-refractivity contribution < 1.29 is 14.3 Å². The molecule has 0 spiro atoms. The Morgan fingerprint density at radius 1 is 0.971 bits per heavy atom. The molecule has 5 nitrogen and oxygen atoms in total. The average molecular weight is 499 g/mol. The summed E-state index contributed by atoms with van der Waals surface area (Å²) in [5, 5.41) is 3.61. The molecule has 0 heterocycles. The summed E-state index contributed by atoms with van der Waals surface area (Å²) < 4.78 is 5.81. The second kappa shape index (κ2) is 11.9. The first-order valence-electron chi connectivity index (χ1n) is 11.0. The second-order valence-electron chi connectivity index (χ2n) is 8.11. The van der Waals surface area contributed by atoms with Gasteiger partial charge in [0, 0.05) is 30.1 Å². The van der Waals surface area contributed by atoms with Crippen molar-refractivity contribution >= 4 is 35.0 Å². The number of carbonyl (C=O) groups is 2. The highest BCUT2D eigenvalue weighted by atomic mass is 35.5. The quantitative estimate of drug-likeness (QED) is 0.431. The van der Waals surface area contributed by atoms with Gasteiger partial charge in [-0.15, -0.1) is 0 Å². The Balaban J connectivity index is 1.90. The minimum atomic E-state index is -0.755. The number of nitrogens with zero attached hydrogens (tertiary/aromatic N) is 1. The molecule has 2 amide bonds. The normalized spacial score (nSPS) is 11.6. The standard InChI is InChI=1S/C27H28Cl2N2O3/c1-18-9-12-23(13-19(18)2)34-17-26(32)31(16-21-10-11-22(28)15-24(21)29)25(27(33)30-3)14-20-7-5-4-6-8-20/h4-13,15,25H,14,16-17H2,1-3H3,(H,30,33)/t25-/m1/s1. The average Bonchev–Trinajstić information content (AvgIpc) is 2.83. The third-order valence-electron chi connectivity index (χ3n) is 5.71. The lowest BCUT2D eigenvalue weighted by Crippen LogP contribution is -2.51. The molecule has 3 rings (SSSR count). The lowest BCUT2D eigenvalue weighted by Gasteiger charge is -2.31. The van der Waals surface area contributed by atoms with Gasteiger partial charge in [-0.25, -0.2) is 0 Å². The van der Waals surface area contributed by atoms with Crippen molar-refractivity contribution in [2.45, 2.75) is 32.9 Å². The van der Waals surface area contributed by atoms with Crippen LogP contribution in [0.3, 0.4) is 0 Å². The lowest BCUT2D eigenvalue weighted by molar-refractivity contribution is -0.142. The van der Waals surface area contributed by atoms with E-state index < -0.39 is 6.04 Å². The molecule has 0 fully saturated rings. The summed E-state index contributed by atoms with van der Waals surface area (Å²) in [6.07, 6.45) is 0.348. The number of amides is 2. The van der Waals surface area contributed by atoms with Gasteiger partial charge in [0.05, 0.1) is 0 Å². The van der Waals surface area contributed by atoms with Crippen LogP contribution in [0.15, 0.2) is 66.7 Å². The molecule has 1 N–H and O–H groups in total. The molecule has 178 valence electrons. The first kappa shape index (κ1) is 25.6. The highest BCUT2D eigenvalue weighted by Gasteiger charge is 2.30. The van der Waals surface area contributed by atoms with E-state index in [-0.39, 0.29) is 25.0 Å². The minimum Gasteiger partial charge on any atom is -0.484 e. The number of hydrogen-bond acceptors (Lipinski definition) is 3. The Morgan fingerprint density at radius 2 is 1.71 bits per heavy atom. The number of likely N-dealkylation sites (N-methyl/N-ethyl adjacent to an activating group) is 1. The Hall–Kier alpha value is -3.02. The highest BCUT2D eigenvalue weighted by Crippen LogP contribution is 2.24. The van der Waals surface area contributed by atoms with Crippen LogP contribution >= 0.6 is 23.2 Å². The predicted molar refractivity (Wildman–Crippen MR) is 136 cm³/mol. The molecule has 34 heavy (non-hydrogen) atoms. The third-order valence-corrected chi connectivity index (χ3v) is 6.30. The van der Waals surface area contributed by atoms with Gasteiger partial charge in [-0.3, -0.25) is 9.59 Å². The minimum absolute atomic E-state index is 0.135. The van der Waals surface area contributed by atoms with Crippen LogP contribution in [-0.2, 0) is 22.6 Å². The number of halogens is 2. The summed E-state index contributed by atoms with van der Waals surface area (Å²) in [5.41, 5.74) is 3.83. The molecule has 0 saturated heterocycles. The second-order valence-corrected chi connectivity index (χ2v) is 8.96. The zero-order chi connectivity index (χ0) is 24.7. The SMILES string of the molecule is CNC(=O)[C@@H](Cc1ccccc1)N(Cc1ccc(Cl)cc1Cl)C(=O)COc1ccc(C)c(C)c1. The number of benzene rings is 3. The van der Waals surface area contributed by atoms with Crippen LogP contribution in [0, 0.1) is 13.8 Å². The molecule has 0 aliphatic rings. The molecule has 0 bridgehead atoms. The van der Waals surface area contributed by atoms with E-state index in [4.69, 9.17) is 27.9 Å². The largest absolute Gasteiger partial charge is 0.484 e. The smallest absolute Gasteiger partial charge is 0.261 e. The maximum Gasteiger partial charge on any atom is 0.261 e. The fourth-order valence-corrected chi connectivity index (χ4v) is 4.05. The summed E-state index contributed by atoms with van der Waals surface area (Å²) in [4.78, 5) is 27.9. The van der Waals surface area contributed by atoms with Crippen LogP contribution in [-0.4, -0.2) is 36.4 Å². The molecular formula is C27H28Cl2N2O3. The number of aryl methyl sites for hydroxylation is 2. The van der Waals surface area contributed by atoms with E-state index in [9.17, 15) is 9.59 Å². The lowest BCUT2D eigenvalue weighted by atomic mass is 10.0. The van der Waals surface area contributed by atoms with Crippen LogP contribution in [0.2, 0.25) is 10.0 Å². The summed E-state index contributed by atoms with van der Waals surface area (Å²) in [7, 11) is 1.56. The third kappa shape index (κ3) is 6.75. The molecule has 0 aliphatic heterocycles. The fourth-order valence-electron chi connectivity index (χ4n) is 3.59. The van der Waals surface area contributed by atoms with E-state index >= 15 is 0 Å². The van der Waals surface area contributed by atoms with Crippen molar-refractivity contribution in [3.05, 3.63) is 99.0 Å². The van der Waals surface area contributed by atoms with Crippen molar-refractivity contribution in [3.63, 3.8) is 0 Å². The summed E-state index contributed by atoms with van der Waals surface area (Å²) >= 11 is 12.5. The van der Waals surface area contributed by atoms with Gasteiger partial charge in [0.1, 0.15) is 11.8 Å². The summed E-state index contributed by atoms with van der Waals surface area (Å²) in [6.45, 7) is 3.92. The van der Waals surface area contributed by atoms with Gasteiger partial charge in [0.2, 0.25) is 5.91 Å². The van der Waals surface area contributed by atoms with E-state index in [1.807, 2.05) is 62.4 Å². The molecule has 0 unspecified atom stereocenters. The van der Waals surface area contributed by atoms with E-state index in [1.54, 1.807) is 25.2 Å². The predicted octanol–water partition coefficient (Wildman–Crippen LogP) is 5.38. The molecule has 0 saturated carbocycles. The molecule has 1 atom stereocenters. The summed E-state index contributed by atoms with van der Waals surface area (Å²) in [5.74, 6) is 0.00252. The van der Waals surface area contributed by atoms with Gasteiger partial charge < -0.3 is 15.0 Å². The number of hydrogen-bond donors (Lipinski definition) is 1. The Labute approximate surface area is 210 Å². The van der Waals surface area contributed by atoms with Crippen LogP contribution in [0.1, 0.15) is 22.3 Å². The first-order valence-corrected chi connectivity index (χ1v) is 11.7. The van der Waals surface area contributed by atoms with Crippen molar-refractivity contribution in [2.24, 2.45) is 0 Å². The van der Waals surface area contributed by atoms with Crippen LogP contribution < -0.4 is 10.1 Å². The van der Waals surface area contributed by atoms with Gasteiger partial charge in [0.15, 0.2) is 6.61 Å². The van der Waals surface area contributed by atoms with Gasteiger partial charge in [-0.1, -0.05) is 65.7 Å². The number of carbonyl (C=O) groups excluding carboxylic acids is 2. The Bertz CT molecular complexity index is 1150. The van der Waals surface area contributed by atoms with E-state index in [2.05, 4.69) is 5.32 Å². The van der Waals surface area contributed by atoms with Crippen LogP contribution in [0.25, 0.3) is 0 Å². The number of ether oxygens (including phenoxy) is 1. The van der Waals surface area contributed by atoms with E-state index in [0.29, 0.717) is 27.8 Å². The molecule has 3 aromatic rings. The van der Waals surface area contributed by atoms with E-state index in [0.717, 1.165) is 16.7 Å². The maximum atomic E-state index is 13.5. The van der Waals surface area contributed by atoms with Crippen molar-refractivity contribution in [1.29, 1.82) is 0 Å². The molecule has 3 aromatic carbocycles. The molecule has 0 radical (unpaired) electrons. The van der Waals surface area contributed by atoms with Gasteiger partial charge in [0.25, 0.3) is 5.91 Å². The van der Waals surface area contributed by atoms with E-state index in [1.165, 1.54) is 4.90 Å². The number of nitrogens with one attached hydrogen (secondary N) is 1. The van der Waals surface area contributed by atoms with Crippen molar-refractivity contribution in [1.82, 2.24) is 10.2 Å². The zero-order valence-electron chi connectivity index (χ0n) is 19.5. The van der Waals surface area contributed by atoms with Gasteiger partial charge >= 0.3 is 0 Å². The number of rotatable bonds is 9. The Morgan fingerprint density at radius 3 is 2.35 bits per heavy atom. The molecule has 0 aromatic heterocycles. The molecule has 7 heteroatoms. The Kier molecular flexibility index (Phi) is 8.97. The molecule has 0 aliphatic carbocycles. The maximum absolute atomic E-state index is 13.5. The van der Waals surface area contributed by atoms with Crippen molar-refractivity contribution in [3.8, 4) is 5.75 Å². The van der Waals surface area contributed by atoms with Crippen LogP contribution in [0.4, 0.5) is 0 Å². The fraction of sp³-hybridized carbons (Fsp3) is 0.259. The molecular weight excluding hydrogens is 471 g/mol.